The van der Waals surface area contributed by atoms with E-state index in [4.69, 9.17) is 17.3 Å². The van der Waals surface area contributed by atoms with E-state index < -0.39 is 0 Å². The molecule has 0 fully saturated rings. The predicted molar refractivity (Wildman–Crippen MR) is 68.6 cm³/mol. The first-order chi connectivity index (χ1) is 7.00. The number of rotatable bonds is 5. The van der Waals surface area contributed by atoms with Crippen LogP contribution in [0.15, 0.2) is 12.1 Å². The molecule has 1 aromatic heterocycles. The van der Waals surface area contributed by atoms with Crippen molar-refractivity contribution < 1.29 is 0 Å². The molecule has 4 heteroatoms. The van der Waals surface area contributed by atoms with E-state index in [1.807, 2.05) is 13.0 Å². The van der Waals surface area contributed by atoms with Crippen LogP contribution in [0.2, 0.25) is 4.34 Å². The molecule has 0 saturated heterocycles. The molecule has 2 unspecified atom stereocenters. The van der Waals surface area contributed by atoms with Crippen molar-refractivity contribution in [2.24, 2.45) is 5.73 Å². The smallest absolute Gasteiger partial charge is 0.0931 e. The molecule has 0 saturated carbocycles. The Hall–Kier alpha value is -0.0900. The standard InChI is InChI=1S/C11H19ClN2S/c1-8(13)4-5-9(14(2)3)10-6-7-11(12)15-10/h6-9H,4-5,13H2,1-3H3. The van der Waals surface area contributed by atoms with Gasteiger partial charge in [0.05, 0.1) is 4.34 Å². The minimum atomic E-state index is 0.267. The number of halogens is 1. The summed E-state index contributed by atoms with van der Waals surface area (Å²) in [5.74, 6) is 0. The third-order valence-electron chi connectivity index (χ3n) is 2.44. The second-order valence-corrected chi connectivity index (χ2v) is 5.92. The van der Waals surface area contributed by atoms with Gasteiger partial charge in [0.1, 0.15) is 0 Å². The van der Waals surface area contributed by atoms with Gasteiger partial charge in [-0.25, -0.2) is 0 Å². The van der Waals surface area contributed by atoms with Gasteiger partial charge in [0.2, 0.25) is 0 Å². The number of nitrogens with zero attached hydrogens (tertiary/aromatic N) is 1. The Labute approximate surface area is 101 Å². The first-order valence-corrected chi connectivity index (χ1v) is 6.37. The molecule has 2 N–H and O–H groups in total. The van der Waals surface area contributed by atoms with Gasteiger partial charge in [-0.05, 0) is 46.0 Å². The maximum Gasteiger partial charge on any atom is 0.0931 e. The van der Waals surface area contributed by atoms with E-state index in [0.717, 1.165) is 17.2 Å². The first-order valence-electron chi connectivity index (χ1n) is 5.18. The summed E-state index contributed by atoms with van der Waals surface area (Å²) in [6.45, 7) is 2.05. The SMILES string of the molecule is CC(N)CCC(c1ccc(Cl)s1)N(C)C. The van der Waals surface area contributed by atoms with Crippen molar-refractivity contribution >= 4 is 22.9 Å². The second-order valence-electron chi connectivity index (χ2n) is 4.18. The molecular formula is C11H19ClN2S. The van der Waals surface area contributed by atoms with Crippen LogP contribution in [0.1, 0.15) is 30.7 Å². The highest BCUT2D eigenvalue weighted by molar-refractivity contribution is 7.16. The van der Waals surface area contributed by atoms with Crippen molar-refractivity contribution in [3.8, 4) is 0 Å². The maximum absolute atomic E-state index is 5.95. The predicted octanol–water partition coefficient (Wildman–Crippen LogP) is 3.13. The van der Waals surface area contributed by atoms with Crippen LogP contribution in [0.3, 0.4) is 0 Å². The fraction of sp³-hybridized carbons (Fsp3) is 0.636. The van der Waals surface area contributed by atoms with Crippen molar-refractivity contribution in [3.63, 3.8) is 0 Å². The van der Waals surface area contributed by atoms with Gasteiger partial charge in [-0.15, -0.1) is 11.3 Å². The lowest BCUT2D eigenvalue weighted by Crippen LogP contribution is -2.22. The Balaban J connectivity index is 2.66. The molecule has 0 radical (unpaired) electrons. The lowest BCUT2D eigenvalue weighted by atomic mass is 10.1. The molecule has 0 aromatic carbocycles. The van der Waals surface area contributed by atoms with E-state index in [1.54, 1.807) is 11.3 Å². The summed E-state index contributed by atoms with van der Waals surface area (Å²) in [6.07, 6.45) is 2.12. The van der Waals surface area contributed by atoms with Gasteiger partial charge >= 0.3 is 0 Å². The maximum atomic E-state index is 5.95. The number of hydrogen-bond donors (Lipinski definition) is 1. The topological polar surface area (TPSA) is 29.3 Å². The van der Waals surface area contributed by atoms with E-state index >= 15 is 0 Å². The Morgan fingerprint density at radius 2 is 2.07 bits per heavy atom. The second kappa shape index (κ2) is 5.85. The molecular weight excluding hydrogens is 228 g/mol. The molecule has 0 bridgehead atoms. The zero-order valence-electron chi connectivity index (χ0n) is 9.53. The molecule has 0 amide bonds. The quantitative estimate of drug-likeness (QED) is 0.865. The van der Waals surface area contributed by atoms with Gasteiger partial charge in [-0.1, -0.05) is 11.6 Å². The van der Waals surface area contributed by atoms with Crippen LogP contribution in [-0.4, -0.2) is 25.0 Å². The largest absolute Gasteiger partial charge is 0.328 e. The molecule has 1 heterocycles. The molecule has 0 spiro atoms. The van der Waals surface area contributed by atoms with Gasteiger partial charge in [0.15, 0.2) is 0 Å². The molecule has 86 valence electrons. The highest BCUT2D eigenvalue weighted by Crippen LogP contribution is 2.32. The summed E-state index contributed by atoms with van der Waals surface area (Å²) in [6, 6.07) is 4.78. The van der Waals surface area contributed by atoms with Crippen molar-refractivity contribution in [1.29, 1.82) is 0 Å². The lowest BCUT2D eigenvalue weighted by molar-refractivity contribution is 0.279. The van der Waals surface area contributed by atoms with E-state index in [0.29, 0.717) is 6.04 Å². The average molecular weight is 247 g/mol. The molecule has 0 aliphatic carbocycles. The molecule has 0 aliphatic rings. The Bertz CT molecular complexity index is 297. The summed E-state index contributed by atoms with van der Waals surface area (Å²) < 4.78 is 0.859. The van der Waals surface area contributed by atoms with Crippen molar-refractivity contribution in [1.82, 2.24) is 4.90 Å². The highest BCUT2D eigenvalue weighted by atomic mass is 35.5. The van der Waals surface area contributed by atoms with Gasteiger partial charge in [0, 0.05) is 17.0 Å². The molecule has 2 nitrogen and oxygen atoms in total. The summed E-state index contributed by atoms with van der Waals surface area (Å²) in [7, 11) is 4.19. The zero-order chi connectivity index (χ0) is 11.4. The minimum absolute atomic E-state index is 0.267. The van der Waals surface area contributed by atoms with Crippen molar-refractivity contribution in [2.75, 3.05) is 14.1 Å². The van der Waals surface area contributed by atoms with E-state index in [2.05, 4.69) is 25.1 Å². The van der Waals surface area contributed by atoms with Gasteiger partial charge in [-0.2, -0.15) is 0 Å². The molecule has 15 heavy (non-hydrogen) atoms. The molecule has 1 aromatic rings. The normalized spacial score (nSPS) is 15.6. The van der Waals surface area contributed by atoms with Crippen LogP contribution < -0.4 is 5.73 Å². The van der Waals surface area contributed by atoms with Crippen molar-refractivity contribution in [3.05, 3.63) is 21.3 Å². The third kappa shape index (κ3) is 4.11. The lowest BCUT2D eigenvalue weighted by Gasteiger charge is -2.23. The minimum Gasteiger partial charge on any atom is -0.328 e. The highest BCUT2D eigenvalue weighted by Gasteiger charge is 2.16. The number of hydrogen-bond acceptors (Lipinski definition) is 3. The fourth-order valence-electron chi connectivity index (χ4n) is 1.58. The first kappa shape index (κ1) is 13.0. The Kier molecular flexibility index (Phi) is 5.06. The third-order valence-corrected chi connectivity index (χ3v) is 3.77. The zero-order valence-corrected chi connectivity index (χ0v) is 11.1. The fourth-order valence-corrected chi connectivity index (χ4v) is 2.88. The average Bonchev–Trinajstić information content (AvgIpc) is 2.51. The van der Waals surface area contributed by atoms with Crippen LogP contribution in [0.5, 0.6) is 0 Å². The van der Waals surface area contributed by atoms with E-state index in [-0.39, 0.29) is 6.04 Å². The Morgan fingerprint density at radius 3 is 2.47 bits per heavy atom. The number of thiophene rings is 1. The summed E-state index contributed by atoms with van der Waals surface area (Å²) in [5, 5.41) is 0. The molecule has 0 aliphatic heterocycles. The monoisotopic (exact) mass is 246 g/mol. The van der Waals surface area contributed by atoms with Gasteiger partial charge in [-0.3, -0.25) is 0 Å². The van der Waals surface area contributed by atoms with Gasteiger partial charge < -0.3 is 10.6 Å². The van der Waals surface area contributed by atoms with Gasteiger partial charge in [0.25, 0.3) is 0 Å². The van der Waals surface area contributed by atoms with Crippen LogP contribution >= 0.6 is 22.9 Å². The van der Waals surface area contributed by atoms with Crippen LogP contribution in [0, 0.1) is 0 Å². The summed E-state index contributed by atoms with van der Waals surface area (Å²) >= 11 is 7.61. The van der Waals surface area contributed by atoms with E-state index in [9.17, 15) is 0 Å². The molecule has 1 rings (SSSR count). The van der Waals surface area contributed by atoms with Crippen LogP contribution in [0.4, 0.5) is 0 Å². The number of nitrogens with two attached hydrogens (primary N) is 1. The molecule has 2 atom stereocenters. The summed E-state index contributed by atoms with van der Waals surface area (Å²) in [5.41, 5.74) is 5.78. The summed E-state index contributed by atoms with van der Waals surface area (Å²) in [4.78, 5) is 3.55. The van der Waals surface area contributed by atoms with Crippen LogP contribution in [0.25, 0.3) is 0 Å². The Morgan fingerprint density at radius 1 is 1.40 bits per heavy atom. The van der Waals surface area contributed by atoms with Crippen LogP contribution in [-0.2, 0) is 0 Å². The van der Waals surface area contributed by atoms with Crippen molar-refractivity contribution in [2.45, 2.75) is 31.8 Å². The van der Waals surface area contributed by atoms with E-state index in [1.165, 1.54) is 4.88 Å².